The highest BCUT2D eigenvalue weighted by atomic mass is 35.5. The number of ether oxygens (including phenoxy) is 1. The second-order valence-corrected chi connectivity index (χ2v) is 4.06. The zero-order chi connectivity index (χ0) is 13.6. The molecule has 7 heteroatoms. The Morgan fingerprint density at radius 3 is 2.15 bits per heavy atom. The number of para-hydroxylation sites is 2. The summed E-state index contributed by atoms with van der Waals surface area (Å²) in [5, 5.41) is 34.4. The van der Waals surface area contributed by atoms with Crippen molar-refractivity contribution in [3.05, 3.63) is 46.8 Å². The lowest BCUT2D eigenvalue weighted by atomic mass is 10.2. The molecule has 0 spiro atoms. The van der Waals surface area contributed by atoms with Crippen LogP contribution < -0.4 is 14.2 Å². The first-order chi connectivity index (χ1) is 9.15. The summed E-state index contributed by atoms with van der Waals surface area (Å²) in [5.74, 6) is 0.0733. The zero-order valence-corrected chi connectivity index (χ0v) is 11.3. The van der Waals surface area contributed by atoms with Gasteiger partial charge in [-0.1, -0.05) is 12.1 Å². The summed E-state index contributed by atoms with van der Waals surface area (Å²) in [7, 11) is 1.43. The largest absolute Gasteiger partial charge is 0.617 e. The number of nitrogens with zero attached hydrogens (tertiary/aromatic N) is 2. The first-order valence-corrected chi connectivity index (χ1v) is 5.58. The third-order valence-corrected chi connectivity index (χ3v) is 3.03. The molecule has 0 amide bonds. The minimum Gasteiger partial charge on any atom is -0.617 e. The van der Waals surface area contributed by atoms with E-state index in [1.54, 1.807) is 12.1 Å². The van der Waals surface area contributed by atoms with Gasteiger partial charge in [0.2, 0.25) is 0 Å². The van der Waals surface area contributed by atoms with Gasteiger partial charge in [-0.2, -0.15) is 9.46 Å². The Morgan fingerprint density at radius 1 is 0.950 bits per heavy atom. The molecule has 0 aliphatic heterocycles. The average molecular weight is 295 g/mol. The minimum atomic E-state index is -0.234. The molecule has 0 saturated carbocycles. The molecule has 0 saturated heterocycles. The number of rotatable bonds is 1. The maximum atomic E-state index is 12.3. The van der Waals surface area contributed by atoms with Crippen LogP contribution in [0, 0.1) is 10.4 Å². The van der Waals surface area contributed by atoms with Crippen molar-refractivity contribution in [1.29, 1.82) is 0 Å². The maximum absolute atomic E-state index is 12.3. The van der Waals surface area contributed by atoms with Crippen LogP contribution in [0.5, 0.6) is 11.5 Å². The smallest absolute Gasteiger partial charge is 0.332 e. The normalized spacial score (nSPS) is 10.4. The van der Waals surface area contributed by atoms with Crippen molar-refractivity contribution in [3.63, 3.8) is 0 Å². The van der Waals surface area contributed by atoms with Gasteiger partial charge in [0.25, 0.3) is 11.0 Å². The Bertz CT molecular complexity index is 807. The second-order valence-electron chi connectivity index (χ2n) is 4.06. The van der Waals surface area contributed by atoms with E-state index in [1.807, 2.05) is 0 Å². The van der Waals surface area contributed by atoms with E-state index in [0.29, 0.717) is 15.2 Å². The highest BCUT2D eigenvalue weighted by Gasteiger charge is 2.26. The number of halogens is 1. The monoisotopic (exact) mass is 294 g/mol. The predicted octanol–water partition coefficient (Wildman–Crippen LogP) is 1.40. The fourth-order valence-electron chi connectivity index (χ4n) is 2.18. The van der Waals surface area contributed by atoms with E-state index in [-0.39, 0.29) is 40.2 Å². The molecular weight excluding hydrogens is 284 g/mol. The SMILES string of the molecule is COc1cccc2c1[n+]([O-])c1cccc(O)c1[n+]2[O-].Cl. The van der Waals surface area contributed by atoms with Crippen LogP contribution in [-0.2, 0) is 0 Å². The van der Waals surface area contributed by atoms with Crippen molar-refractivity contribution in [2.75, 3.05) is 7.11 Å². The van der Waals surface area contributed by atoms with Gasteiger partial charge in [-0.3, -0.25) is 0 Å². The van der Waals surface area contributed by atoms with E-state index in [9.17, 15) is 15.5 Å². The van der Waals surface area contributed by atoms with Crippen molar-refractivity contribution in [2.24, 2.45) is 0 Å². The van der Waals surface area contributed by atoms with E-state index >= 15 is 0 Å². The van der Waals surface area contributed by atoms with Crippen molar-refractivity contribution in [3.8, 4) is 11.5 Å². The van der Waals surface area contributed by atoms with Crippen LogP contribution >= 0.6 is 12.4 Å². The van der Waals surface area contributed by atoms with Gasteiger partial charge in [-0.15, -0.1) is 12.4 Å². The summed E-state index contributed by atoms with van der Waals surface area (Å²) in [6, 6.07) is 9.07. The number of aromatic hydroxyl groups is 1. The highest BCUT2D eigenvalue weighted by Crippen LogP contribution is 2.25. The van der Waals surface area contributed by atoms with E-state index in [0.717, 1.165) is 0 Å². The maximum Gasteiger partial charge on any atom is 0.332 e. The average Bonchev–Trinajstić information content (AvgIpc) is 2.43. The Hall–Kier alpha value is -2.47. The molecule has 0 unspecified atom stereocenters. The Kier molecular flexibility index (Phi) is 3.42. The molecule has 0 bridgehead atoms. The molecule has 2 aromatic carbocycles. The molecule has 3 rings (SSSR count). The van der Waals surface area contributed by atoms with E-state index < -0.39 is 0 Å². The zero-order valence-electron chi connectivity index (χ0n) is 10.4. The van der Waals surface area contributed by atoms with Gasteiger partial charge in [0.05, 0.1) is 7.11 Å². The summed E-state index contributed by atoms with van der Waals surface area (Å²) in [5.41, 5.74) is 0.312. The number of phenols is 1. The summed E-state index contributed by atoms with van der Waals surface area (Å²) in [6.45, 7) is 0. The number of methoxy groups -OCH3 is 1. The molecule has 0 atom stereocenters. The standard InChI is InChI=1S/C13H10N2O4.ClH/c1-19-11-7-3-5-9-13(11)15(18)8-4-2-6-10(16)12(8)14(9)17;/h2-7,16H,1H3;1H. The number of benzene rings is 2. The lowest BCUT2D eigenvalue weighted by molar-refractivity contribution is -0.591. The fraction of sp³-hybridized carbons (Fsp3) is 0.0769. The van der Waals surface area contributed by atoms with Gasteiger partial charge >= 0.3 is 11.0 Å². The molecular formula is C13H11ClN2O4. The Balaban J connectivity index is 0.00000147. The van der Waals surface area contributed by atoms with Crippen molar-refractivity contribution < 1.29 is 19.3 Å². The van der Waals surface area contributed by atoms with Crippen LogP contribution in [0.1, 0.15) is 0 Å². The van der Waals surface area contributed by atoms with Crippen LogP contribution in [0.25, 0.3) is 22.1 Å². The van der Waals surface area contributed by atoms with Gasteiger partial charge in [0, 0.05) is 12.1 Å². The van der Waals surface area contributed by atoms with Crippen molar-refractivity contribution in [2.45, 2.75) is 0 Å². The Labute approximate surface area is 120 Å². The van der Waals surface area contributed by atoms with Crippen LogP contribution in [0.2, 0.25) is 0 Å². The number of aromatic nitrogens is 2. The molecule has 104 valence electrons. The molecule has 0 radical (unpaired) electrons. The number of phenolic OH excluding ortho intramolecular Hbond substituents is 1. The van der Waals surface area contributed by atoms with Crippen molar-refractivity contribution >= 4 is 34.5 Å². The molecule has 3 aromatic rings. The summed E-state index contributed by atoms with van der Waals surface area (Å²) in [4.78, 5) is 0. The first-order valence-electron chi connectivity index (χ1n) is 5.58. The molecule has 20 heavy (non-hydrogen) atoms. The second kappa shape index (κ2) is 4.90. The number of hydrogen-bond acceptors (Lipinski definition) is 4. The molecule has 0 aliphatic rings. The number of hydrogen-bond donors (Lipinski definition) is 1. The lowest BCUT2D eigenvalue weighted by Crippen LogP contribution is -2.39. The van der Waals surface area contributed by atoms with Gasteiger partial charge in [0.15, 0.2) is 11.5 Å². The molecule has 1 N–H and O–H groups in total. The van der Waals surface area contributed by atoms with Crippen molar-refractivity contribution in [1.82, 2.24) is 0 Å². The van der Waals surface area contributed by atoms with Crippen LogP contribution in [0.3, 0.4) is 0 Å². The molecule has 0 aliphatic carbocycles. The molecule has 6 nitrogen and oxygen atoms in total. The fourth-order valence-corrected chi connectivity index (χ4v) is 2.18. The van der Waals surface area contributed by atoms with Gasteiger partial charge < -0.3 is 20.3 Å². The van der Waals surface area contributed by atoms with Gasteiger partial charge in [-0.05, 0) is 12.1 Å². The minimum absolute atomic E-state index is 0. The summed E-state index contributed by atoms with van der Waals surface area (Å²) < 4.78 is 6.24. The van der Waals surface area contributed by atoms with Crippen LogP contribution in [0.4, 0.5) is 0 Å². The highest BCUT2D eigenvalue weighted by molar-refractivity contribution is 5.85. The quantitative estimate of drug-likeness (QED) is 0.418. The Morgan fingerprint density at radius 2 is 1.50 bits per heavy atom. The van der Waals surface area contributed by atoms with E-state index in [2.05, 4.69) is 0 Å². The van der Waals surface area contributed by atoms with E-state index in [1.165, 1.54) is 31.4 Å². The first kappa shape index (κ1) is 14.0. The lowest BCUT2D eigenvalue weighted by Gasteiger charge is -2.09. The number of fused-ring (bicyclic) bond motifs is 2. The predicted molar refractivity (Wildman–Crippen MR) is 74.8 cm³/mol. The summed E-state index contributed by atoms with van der Waals surface area (Å²) in [6.07, 6.45) is 0. The topological polar surface area (TPSA) is 83.3 Å². The third kappa shape index (κ3) is 1.73. The summed E-state index contributed by atoms with van der Waals surface area (Å²) >= 11 is 0. The molecule has 0 fully saturated rings. The van der Waals surface area contributed by atoms with Gasteiger partial charge in [-0.25, -0.2) is 0 Å². The molecule has 1 heterocycles. The van der Waals surface area contributed by atoms with E-state index in [4.69, 9.17) is 4.74 Å². The van der Waals surface area contributed by atoms with Crippen LogP contribution in [-0.4, -0.2) is 12.2 Å². The third-order valence-electron chi connectivity index (χ3n) is 3.03. The van der Waals surface area contributed by atoms with Gasteiger partial charge in [0.1, 0.15) is 0 Å². The van der Waals surface area contributed by atoms with Crippen LogP contribution in [0.15, 0.2) is 36.4 Å². The molecule has 1 aromatic heterocycles.